The summed E-state index contributed by atoms with van der Waals surface area (Å²) in [7, 11) is 0. The minimum Gasteiger partial charge on any atom is -0.338 e. The van der Waals surface area contributed by atoms with Gasteiger partial charge in [0.2, 0.25) is 5.91 Å². The van der Waals surface area contributed by atoms with E-state index in [1.165, 1.54) is 0 Å². The zero-order valence-corrected chi connectivity index (χ0v) is 10.6. The standard InChI is InChI=1S/C13H17N3O2/c1-3-14-13(18)16-8-10-6-4-5-7-11(10)15-12(17)9(16)2/h4-7,9H,3,8H2,1-2H3,(H,14,18)(H,15,17). The summed E-state index contributed by atoms with van der Waals surface area (Å²) in [5, 5.41) is 5.57. The largest absolute Gasteiger partial charge is 0.338 e. The zero-order chi connectivity index (χ0) is 13.1. The summed E-state index contributed by atoms with van der Waals surface area (Å²) in [6.45, 7) is 4.57. The summed E-state index contributed by atoms with van der Waals surface area (Å²) in [6, 6.07) is 6.84. The fourth-order valence-electron chi connectivity index (χ4n) is 1.98. The van der Waals surface area contributed by atoms with Crippen LogP contribution in [0.2, 0.25) is 0 Å². The number of fused-ring (bicyclic) bond motifs is 1. The highest BCUT2D eigenvalue weighted by Crippen LogP contribution is 2.22. The molecule has 1 aliphatic rings. The number of para-hydroxylation sites is 1. The van der Waals surface area contributed by atoms with Crippen LogP contribution in [0.3, 0.4) is 0 Å². The molecule has 0 saturated carbocycles. The van der Waals surface area contributed by atoms with Gasteiger partial charge in [0.15, 0.2) is 0 Å². The van der Waals surface area contributed by atoms with E-state index in [1.54, 1.807) is 11.8 Å². The SMILES string of the molecule is CCNC(=O)N1Cc2ccccc2NC(=O)C1C. The molecule has 18 heavy (non-hydrogen) atoms. The Morgan fingerprint density at radius 2 is 2.22 bits per heavy atom. The summed E-state index contributed by atoms with van der Waals surface area (Å²) in [5.41, 5.74) is 1.72. The molecule has 3 amide bonds. The zero-order valence-electron chi connectivity index (χ0n) is 10.6. The summed E-state index contributed by atoms with van der Waals surface area (Å²) in [5.74, 6) is -0.161. The minimum atomic E-state index is -0.482. The molecule has 2 N–H and O–H groups in total. The van der Waals surface area contributed by atoms with E-state index < -0.39 is 6.04 Å². The first-order valence-corrected chi connectivity index (χ1v) is 6.06. The Morgan fingerprint density at radius 3 is 2.94 bits per heavy atom. The smallest absolute Gasteiger partial charge is 0.318 e. The third-order valence-corrected chi connectivity index (χ3v) is 3.05. The molecule has 1 aromatic rings. The Hall–Kier alpha value is -2.04. The van der Waals surface area contributed by atoms with Crippen LogP contribution in [0.5, 0.6) is 0 Å². The monoisotopic (exact) mass is 247 g/mol. The van der Waals surface area contributed by atoms with E-state index >= 15 is 0 Å². The van der Waals surface area contributed by atoms with Gasteiger partial charge in [0, 0.05) is 12.2 Å². The molecule has 0 aromatic heterocycles. The van der Waals surface area contributed by atoms with Gasteiger partial charge in [-0.15, -0.1) is 0 Å². The number of anilines is 1. The topological polar surface area (TPSA) is 61.4 Å². The van der Waals surface area contributed by atoms with E-state index in [1.807, 2.05) is 31.2 Å². The number of urea groups is 1. The number of carbonyl (C=O) groups is 2. The van der Waals surface area contributed by atoms with Crippen molar-refractivity contribution in [1.82, 2.24) is 10.2 Å². The number of hydrogen-bond donors (Lipinski definition) is 2. The maximum atomic E-state index is 12.0. The Balaban J connectivity index is 2.31. The molecule has 0 saturated heterocycles. The van der Waals surface area contributed by atoms with E-state index in [4.69, 9.17) is 0 Å². The second-order valence-corrected chi connectivity index (χ2v) is 4.29. The molecule has 1 unspecified atom stereocenters. The lowest BCUT2D eigenvalue weighted by atomic mass is 10.2. The van der Waals surface area contributed by atoms with Gasteiger partial charge in [-0.2, -0.15) is 0 Å². The molecule has 0 fully saturated rings. The van der Waals surface area contributed by atoms with Gasteiger partial charge < -0.3 is 15.5 Å². The first kappa shape index (κ1) is 12.4. The number of amides is 3. The van der Waals surface area contributed by atoms with E-state index in [9.17, 15) is 9.59 Å². The highest BCUT2D eigenvalue weighted by atomic mass is 16.2. The van der Waals surface area contributed by atoms with Crippen LogP contribution in [-0.4, -0.2) is 29.4 Å². The van der Waals surface area contributed by atoms with Gasteiger partial charge in [-0.05, 0) is 25.5 Å². The second kappa shape index (κ2) is 5.08. The van der Waals surface area contributed by atoms with Gasteiger partial charge in [-0.3, -0.25) is 4.79 Å². The predicted octanol–water partition coefficient (Wildman–Crippen LogP) is 1.56. The molecular formula is C13H17N3O2. The van der Waals surface area contributed by atoms with Crippen molar-refractivity contribution in [3.8, 4) is 0 Å². The quantitative estimate of drug-likeness (QED) is 0.791. The third kappa shape index (κ3) is 2.30. The molecular weight excluding hydrogens is 230 g/mol. The van der Waals surface area contributed by atoms with Gasteiger partial charge in [-0.25, -0.2) is 4.79 Å². The highest BCUT2D eigenvalue weighted by Gasteiger charge is 2.29. The first-order valence-electron chi connectivity index (χ1n) is 6.06. The first-order chi connectivity index (χ1) is 8.63. The van der Waals surface area contributed by atoms with Crippen molar-refractivity contribution in [1.29, 1.82) is 0 Å². The number of nitrogens with zero attached hydrogens (tertiary/aromatic N) is 1. The number of rotatable bonds is 1. The predicted molar refractivity (Wildman–Crippen MR) is 69.1 cm³/mol. The average molecular weight is 247 g/mol. The van der Waals surface area contributed by atoms with Crippen molar-refractivity contribution in [2.75, 3.05) is 11.9 Å². The second-order valence-electron chi connectivity index (χ2n) is 4.29. The molecule has 5 nitrogen and oxygen atoms in total. The molecule has 0 aliphatic carbocycles. The van der Waals surface area contributed by atoms with Crippen molar-refractivity contribution in [3.05, 3.63) is 29.8 Å². The Labute approximate surface area is 106 Å². The van der Waals surface area contributed by atoms with Crippen LogP contribution in [0.25, 0.3) is 0 Å². The van der Waals surface area contributed by atoms with Crippen LogP contribution < -0.4 is 10.6 Å². The molecule has 0 spiro atoms. The van der Waals surface area contributed by atoms with Crippen LogP contribution in [0, 0.1) is 0 Å². The number of carbonyl (C=O) groups excluding carboxylic acids is 2. The lowest BCUT2D eigenvalue weighted by molar-refractivity contribution is -0.119. The van der Waals surface area contributed by atoms with E-state index in [-0.39, 0.29) is 11.9 Å². The molecule has 1 aromatic carbocycles. The normalized spacial score (nSPS) is 18.7. The lowest BCUT2D eigenvalue weighted by Crippen LogP contribution is -2.47. The van der Waals surface area contributed by atoms with Crippen molar-refractivity contribution >= 4 is 17.6 Å². The lowest BCUT2D eigenvalue weighted by Gasteiger charge is -2.25. The Bertz CT molecular complexity index is 473. The van der Waals surface area contributed by atoms with Gasteiger partial charge in [0.1, 0.15) is 6.04 Å². The Kier molecular flexibility index (Phi) is 3.50. The average Bonchev–Trinajstić information content (AvgIpc) is 2.48. The fourth-order valence-corrected chi connectivity index (χ4v) is 1.98. The summed E-state index contributed by atoms with van der Waals surface area (Å²) in [4.78, 5) is 25.5. The molecule has 0 radical (unpaired) electrons. The molecule has 5 heteroatoms. The molecule has 1 aliphatic heterocycles. The molecule has 96 valence electrons. The molecule has 2 rings (SSSR count). The summed E-state index contributed by atoms with van der Waals surface area (Å²) in [6.07, 6.45) is 0. The molecule has 1 heterocycles. The van der Waals surface area contributed by atoms with Crippen LogP contribution in [0.4, 0.5) is 10.5 Å². The van der Waals surface area contributed by atoms with Gasteiger partial charge in [0.25, 0.3) is 0 Å². The molecule has 0 bridgehead atoms. The van der Waals surface area contributed by atoms with Crippen molar-refractivity contribution in [2.45, 2.75) is 26.4 Å². The van der Waals surface area contributed by atoms with Crippen LogP contribution in [-0.2, 0) is 11.3 Å². The Morgan fingerprint density at radius 1 is 1.50 bits per heavy atom. The van der Waals surface area contributed by atoms with E-state index in [2.05, 4.69) is 10.6 Å². The van der Waals surface area contributed by atoms with Gasteiger partial charge >= 0.3 is 6.03 Å². The van der Waals surface area contributed by atoms with Crippen LogP contribution in [0.1, 0.15) is 19.4 Å². The summed E-state index contributed by atoms with van der Waals surface area (Å²) >= 11 is 0. The third-order valence-electron chi connectivity index (χ3n) is 3.05. The highest BCUT2D eigenvalue weighted by molar-refractivity contribution is 5.98. The fraction of sp³-hybridized carbons (Fsp3) is 0.385. The number of benzene rings is 1. The van der Waals surface area contributed by atoms with Gasteiger partial charge in [0.05, 0.1) is 6.54 Å². The van der Waals surface area contributed by atoms with Crippen LogP contribution in [0.15, 0.2) is 24.3 Å². The van der Waals surface area contributed by atoms with E-state index in [0.717, 1.165) is 11.3 Å². The van der Waals surface area contributed by atoms with Crippen molar-refractivity contribution in [2.24, 2.45) is 0 Å². The number of nitrogens with one attached hydrogen (secondary N) is 2. The van der Waals surface area contributed by atoms with Crippen LogP contribution >= 0.6 is 0 Å². The number of hydrogen-bond acceptors (Lipinski definition) is 2. The maximum Gasteiger partial charge on any atom is 0.318 e. The minimum absolute atomic E-state index is 0.161. The molecule has 1 atom stereocenters. The maximum absolute atomic E-state index is 12.0. The van der Waals surface area contributed by atoms with E-state index in [0.29, 0.717) is 13.1 Å². The summed E-state index contributed by atoms with van der Waals surface area (Å²) < 4.78 is 0. The van der Waals surface area contributed by atoms with Crippen molar-refractivity contribution < 1.29 is 9.59 Å². The van der Waals surface area contributed by atoms with Crippen molar-refractivity contribution in [3.63, 3.8) is 0 Å². The van der Waals surface area contributed by atoms with Gasteiger partial charge in [-0.1, -0.05) is 18.2 Å².